The fraction of sp³-hybridized carbons (Fsp3) is 0.417. The molecule has 0 aliphatic rings. The van der Waals surface area contributed by atoms with Crippen molar-refractivity contribution in [2.24, 2.45) is 0 Å². The zero-order valence-corrected chi connectivity index (χ0v) is 8.28. The molecule has 0 aromatic heterocycles. The summed E-state index contributed by atoms with van der Waals surface area (Å²) in [5.74, 6) is 0. The molecule has 0 radical (unpaired) electrons. The highest BCUT2D eigenvalue weighted by molar-refractivity contribution is 5.51. The van der Waals surface area contributed by atoms with Crippen molar-refractivity contribution in [1.29, 1.82) is 0 Å². The maximum absolute atomic E-state index is 9.93. The van der Waals surface area contributed by atoms with Gasteiger partial charge in [0.05, 0.1) is 0 Å². The summed E-state index contributed by atoms with van der Waals surface area (Å²) in [5, 5.41) is 0. The predicted molar refractivity (Wildman–Crippen MR) is 57.6 cm³/mol. The normalized spacial score (nSPS) is 12.1. The number of unbranched alkanes of at least 4 members (excludes halogenated alkanes) is 1. The van der Waals surface area contributed by atoms with Crippen LogP contribution in [0.1, 0.15) is 32.6 Å². The van der Waals surface area contributed by atoms with Gasteiger partial charge in [-0.1, -0.05) is 49.8 Å². The Kier molecular flexibility index (Phi) is 9.96. The highest BCUT2D eigenvalue weighted by atomic mass is 16.1. The molecule has 1 nitrogen and oxygen atoms in total. The van der Waals surface area contributed by atoms with Gasteiger partial charge in [0.1, 0.15) is 6.29 Å². The standard InChI is InChI=1S/C12H18O/c1-2-3-4-5-6-7-8-9-10-11-12-13/h4-7,9-10,12H,2-3,8,11H2,1H3. The van der Waals surface area contributed by atoms with E-state index in [-0.39, 0.29) is 0 Å². The average molecular weight is 178 g/mol. The third kappa shape index (κ3) is 10.9. The van der Waals surface area contributed by atoms with Crippen molar-refractivity contribution in [2.75, 3.05) is 0 Å². The minimum Gasteiger partial charge on any atom is -0.303 e. The van der Waals surface area contributed by atoms with Gasteiger partial charge in [0.25, 0.3) is 0 Å². The number of aldehydes is 1. The Bertz CT molecular complexity index is 187. The van der Waals surface area contributed by atoms with Crippen molar-refractivity contribution in [1.82, 2.24) is 0 Å². The Morgan fingerprint density at radius 3 is 2.31 bits per heavy atom. The van der Waals surface area contributed by atoms with E-state index in [1.165, 1.54) is 6.42 Å². The molecule has 0 saturated carbocycles. The van der Waals surface area contributed by atoms with Gasteiger partial charge >= 0.3 is 0 Å². The third-order valence-electron chi connectivity index (χ3n) is 1.51. The lowest BCUT2D eigenvalue weighted by molar-refractivity contribution is -0.107. The first kappa shape index (κ1) is 11.9. The zero-order valence-electron chi connectivity index (χ0n) is 8.28. The van der Waals surface area contributed by atoms with Crippen molar-refractivity contribution < 1.29 is 4.79 Å². The minimum absolute atomic E-state index is 0.527. The number of allylic oxidation sites excluding steroid dienone is 6. The smallest absolute Gasteiger partial charge is 0.123 e. The summed E-state index contributed by atoms with van der Waals surface area (Å²) < 4.78 is 0. The lowest BCUT2D eigenvalue weighted by atomic mass is 10.3. The summed E-state index contributed by atoms with van der Waals surface area (Å²) in [4.78, 5) is 9.93. The van der Waals surface area contributed by atoms with Crippen molar-refractivity contribution in [3.05, 3.63) is 36.5 Å². The summed E-state index contributed by atoms with van der Waals surface area (Å²) in [7, 11) is 0. The molecule has 0 saturated heterocycles. The van der Waals surface area contributed by atoms with E-state index in [2.05, 4.69) is 25.2 Å². The summed E-state index contributed by atoms with van der Waals surface area (Å²) in [6, 6.07) is 0. The van der Waals surface area contributed by atoms with Gasteiger partial charge in [0.15, 0.2) is 0 Å². The van der Waals surface area contributed by atoms with Crippen LogP contribution in [0.15, 0.2) is 36.5 Å². The van der Waals surface area contributed by atoms with Crippen LogP contribution in [0.25, 0.3) is 0 Å². The van der Waals surface area contributed by atoms with Gasteiger partial charge in [-0.3, -0.25) is 0 Å². The van der Waals surface area contributed by atoms with Gasteiger partial charge in [0, 0.05) is 6.42 Å². The van der Waals surface area contributed by atoms with E-state index in [9.17, 15) is 4.79 Å². The Morgan fingerprint density at radius 1 is 0.923 bits per heavy atom. The highest BCUT2D eigenvalue weighted by Crippen LogP contribution is 1.91. The first-order valence-corrected chi connectivity index (χ1v) is 4.82. The molecule has 0 rings (SSSR count). The molecular formula is C12H18O. The lowest BCUT2D eigenvalue weighted by Crippen LogP contribution is -1.65. The van der Waals surface area contributed by atoms with E-state index in [1.807, 2.05) is 18.2 Å². The monoisotopic (exact) mass is 178 g/mol. The lowest BCUT2D eigenvalue weighted by Gasteiger charge is -1.81. The number of rotatable bonds is 7. The second-order valence-corrected chi connectivity index (χ2v) is 2.75. The maximum Gasteiger partial charge on any atom is 0.123 e. The van der Waals surface area contributed by atoms with E-state index in [4.69, 9.17) is 0 Å². The first-order valence-electron chi connectivity index (χ1n) is 4.82. The average Bonchev–Trinajstić information content (AvgIpc) is 2.16. The van der Waals surface area contributed by atoms with Crippen LogP contribution < -0.4 is 0 Å². The highest BCUT2D eigenvalue weighted by Gasteiger charge is 1.72. The van der Waals surface area contributed by atoms with Crippen molar-refractivity contribution in [2.45, 2.75) is 32.6 Å². The number of carbonyl (C=O) groups excluding carboxylic acids is 1. The zero-order chi connectivity index (χ0) is 9.78. The van der Waals surface area contributed by atoms with Crippen LogP contribution in [0.3, 0.4) is 0 Å². The van der Waals surface area contributed by atoms with Crippen LogP contribution in [-0.2, 0) is 4.79 Å². The van der Waals surface area contributed by atoms with Crippen LogP contribution in [-0.4, -0.2) is 6.29 Å². The van der Waals surface area contributed by atoms with Crippen molar-refractivity contribution >= 4 is 6.29 Å². The Balaban J connectivity index is 3.35. The van der Waals surface area contributed by atoms with Crippen molar-refractivity contribution in [3.63, 3.8) is 0 Å². The number of carbonyl (C=O) groups is 1. The van der Waals surface area contributed by atoms with E-state index in [0.29, 0.717) is 6.42 Å². The largest absolute Gasteiger partial charge is 0.303 e. The Hall–Kier alpha value is -1.11. The van der Waals surface area contributed by atoms with Gasteiger partial charge in [0.2, 0.25) is 0 Å². The molecule has 0 aromatic carbocycles. The summed E-state index contributed by atoms with van der Waals surface area (Å²) in [5.41, 5.74) is 0. The van der Waals surface area contributed by atoms with Gasteiger partial charge in [-0.05, 0) is 12.8 Å². The molecule has 0 aliphatic carbocycles. The van der Waals surface area contributed by atoms with Gasteiger partial charge in [-0.15, -0.1) is 0 Å². The van der Waals surface area contributed by atoms with Crippen LogP contribution in [0.4, 0.5) is 0 Å². The SMILES string of the molecule is CCCC=CC=CCC=CCC=O. The molecule has 1 heteroatoms. The molecule has 0 N–H and O–H groups in total. The predicted octanol–water partition coefficient (Wildman–Crippen LogP) is 3.43. The molecule has 0 unspecified atom stereocenters. The molecule has 0 heterocycles. The van der Waals surface area contributed by atoms with E-state index in [1.54, 1.807) is 0 Å². The van der Waals surface area contributed by atoms with Gasteiger partial charge in [-0.25, -0.2) is 0 Å². The second kappa shape index (κ2) is 10.9. The topological polar surface area (TPSA) is 17.1 Å². The molecule has 0 fully saturated rings. The molecule has 0 aromatic rings. The molecule has 72 valence electrons. The Labute approximate surface area is 80.8 Å². The fourth-order valence-corrected chi connectivity index (χ4v) is 0.825. The Morgan fingerprint density at radius 2 is 1.62 bits per heavy atom. The number of hydrogen-bond donors (Lipinski definition) is 0. The molecule has 0 aliphatic heterocycles. The molecule has 13 heavy (non-hydrogen) atoms. The maximum atomic E-state index is 9.93. The van der Waals surface area contributed by atoms with E-state index >= 15 is 0 Å². The molecular weight excluding hydrogens is 160 g/mol. The summed E-state index contributed by atoms with van der Waals surface area (Å²) in [6.07, 6.45) is 16.9. The van der Waals surface area contributed by atoms with Crippen LogP contribution in [0.2, 0.25) is 0 Å². The third-order valence-corrected chi connectivity index (χ3v) is 1.51. The number of hydrogen-bond acceptors (Lipinski definition) is 1. The second-order valence-electron chi connectivity index (χ2n) is 2.75. The molecule has 0 spiro atoms. The van der Waals surface area contributed by atoms with Crippen LogP contribution in [0.5, 0.6) is 0 Å². The van der Waals surface area contributed by atoms with E-state index < -0.39 is 0 Å². The van der Waals surface area contributed by atoms with Gasteiger partial charge in [-0.2, -0.15) is 0 Å². The summed E-state index contributed by atoms with van der Waals surface area (Å²) >= 11 is 0. The molecule has 0 atom stereocenters. The van der Waals surface area contributed by atoms with Crippen LogP contribution >= 0.6 is 0 Å². The van der Waals surface area contributed by atoms with Gasteiger partial charge < -0.3 is 4.79 Å². The van der Waals surface area contributed by atoms with Crippen LogP contribution in [0, 0.1) is 0 Å². The minimum atomic E-state index is 0.527. The molecule has 0 bridgehead atoms. The molecule has 0 amide bonds. The van der Waals surface area contributed by atoms with Crippen molar-refractivity contribution in [3.8, 4) is 0 Å². The fourth-order valence-electron chi connectivity index (χ4n) is 0.825. The summed E-state index contributed by atoms with van der Waals surface area (Å²) in [6.45, 7) is 2.16. The van der Waals surface area contributed by atoms with E-state index in [0.717, 1.165) is 19.1 Å². The first-order chi connectivity index (χ1) is 6.41. The quantitative estimate of drug-likeness (QED) is 0.331.